The van der Waals surface area contributed by atoms with E-state index in [2.05, 4.69) is 25.1 Å². The zero-order valence-corrected chi connectivity index (χ0v) is 15.2. The first-order chi connectivity index (χ1) is 12.2. The van der Waals surface area contributed by atoms with E-state index in [9.17, 15) is 4.79 Å². The molecule has 0 bridgehead atoms. The number of hydrogen-bond acceptors (Lipinski definition) is 7. The lowest BCUT2D eigenvalue weighted by atomic mass is 10.2. The number of nitrogens with zero attached hydrogens (tertiary/aromatic N) is 3. The van der Waals surface area contributed by atoms with Gasteiger partial charge in [-0.15, -0.1) is 16.4 Å². The summed E-state index contributed by atoms with van der Waals surface area (Å²) in [5.74, 6) is 2.12. The fourth-order valence-corrected chi connectivity index (χ4v) is 4.21. The standard InChI is InChI=1S/C16H15N5O2S2/c1-3-11-17-16(21-20-11)25-8(2)13-18-14(22)12-9(7-24-15(12)19-13)10-5-4-6-23-10/h4-8H,3H2,1-2H3,(H,17,20,21)(H,18,19,22). The van der Waals surface area contributed by atoms with Crippen LogP contribution in [0.15, 0.2) is 38.1 Å². The molecule has 0 fully saturated rings. The molecule has 25 heavy (non-hydrogen) atoms. The van der Waals surface area contributed by atoms with Gasteiger partial charge in [0.15, 0.2) is 0 Å². The number of nitrogens with one attached hydrogen (secondary N) is 2. The maximum Gasteiger partial charge on any atom is 0.260 e. The number of aromatic amines is 2. The maximum atomic E-state index is 12.6. The van der Waals surface area contributed by atoms with Crippen LogP contribution >= 0.6 is 23.1 Å². The molecule has 4 aromatic heterocycles. The van der Waals surface area contributed by atoms with E-state index in [0.717, 1.165) is 17.8 Å². The first-order valence-corrected chi connectivity index (χ1v) is 9.55. The number of hydrogen-bond donors (Lipinski definition) is 2. The van der Waals surface area contributed by atoms with Gasteiger partial charge in [-0.05, 0) is 19.1 Å². The predicted octanol–water partition coefficient (Wildman–Crippen LogP) is 3.78. The van der Waals surface area contributed by atoms with Crippen molar-refractivity contribution in [1.29, 1.82) is 0 Å². The number of thiophene rings is 1. The van der Waals surface area contributed by atoms with Crippen LogP contribution in [0.4, 0.5) is 0 Å². The largest absolute Gasteiger partial charge is 0.464 e. The predicted molar refractivity (Wildman–Crippen MR) is 98.0 cm³/mol. The molecule has 9 heteroatoms. The Kier molecular flexibility index (Phi) is 4.18. The summed E-state index contributed by atoms with van der Waals surface area (Å²) in [6.45, 7) is 3.98. The minimum atomic E-state index is -0.163. The molecule has 4 aromatic rings. The zero-order valence-electron chi connectivity index (χ0n) is 13.6. The smallest absolute Gasteiger partial charge is 0.260 e. The van der Waals surface area contributed by atoms with Crippen LogP contribution in [0.5, 0.6) is 0 Å². The van der Waals surface area contributed by atoms with Crippen LogP contribution < -0.4 is 5.56 Å². The average molecular weight is 373 g/mol. The Bertz CT molecular complexity index is 1060. The van der Waals surface area contributed by atoms with Crippen LogP contribution in [0.3, 0.4) is 0 Å². The van der Waals surface area contributed by atoms with Crippen LogP contribution in [-0.2, 0) is 6.42 Å². The van der Waals surface area contributed by atoms with Gasteiger partial charge in [0.2, 0.25) is 5.16 Å². The molecule has 4 heterocycles. The highest BCUT2D eigenvalue weighted by atomic mass is 32.2. The molecule has 0 aromatic carbocycles. The van der Waals surface area contributed by atoms with Gasteiger partial charge in [0.25, 0.3) is 5.56 Å². The summed E-state index contributed by atoms with van der Waals surface area (Å²) >= 11 is 2.89. The molecule has 0 amide bonds. The first-order valence-electron chi connectivity index (χ1n) is 7.79. The molecule has 0 aliphatic rings. The zero-order chi connectivity index (χ0) is 17.4. The lowest BCUT2D eigenvalue weighted by Crippen LogP contribution is -2.12. The van der Waals surface area contributed by atoms with Crippen molar-refractivity contribution in [2.75, 3.05) is 0 Å². The summed E-state index contributed by atoms with van der Waals surface area (Å²) in [5.41, 5.74) is 0.608. The normalized spacial score (nSPS) is 12.7. The number of fused-ring (bicyclic) bond motifs is 1. The molecule has 4 rings (SSSR count). The van der Waals surface area contributed by atoms with E-state index in [-0.39, 0.29) is 10.8 Å². The third-order valence-corrected chi connectivity index (χ3v) is 5.60. The van der Waals surface area contributed by atoms with Gasteiger partial charge in [0.1, 0.15) is 22.2 Å². The van der Waals surface area contributed by atoms with Crippen molar-refractivity contribution in [3.8, 4) is 11.3 Å². The lowest BCUT2D eigenvalue weighted by molar-refractivity contribution is 0.583. The molecule has 0 aliphatic carbocycles. The first kappa shape index (κ1) is 16.1. The molecule has 0 spiro atoms. The van der Waals surface area contributed by atoms with E-state index in [1.165, 1.54) is 23.1 Å². The minimum Gasteiger partial charge on any atom is -0.464 e. The van der Waals surface area contributed by atoms with Gasteiger partial charge in [-0.1, -0.05) is 18.7 Å². The van der Waals surface area contributed by atoms with E-state index in [1.54, 1.807) is 12.3 Å². The summed E-state index contributed by atoms with van der Waals surface area (Å²) in [5, 5.41) is 10.1. The maximum absolute atomic E-state index is 12.6. The van der Waals surface area contributed by atoms with Crippen molar-refractivity contribution in [3.05, 3.63) is 45.8 Å². The number of H-pyrrole nitrogens is 2. The van der Waals surface area contributed by atoms with E-state index < -0.39 is 0 Å². The summed E-state index contributed by atoms with van der Waals surface area (Å²) in [6.07, 6.45) is 2.39. The fraction of sp³-hybridized carbons (Fsp3) is 0.250. The second-order valence-corrected chi connectivity index (χ2v) is 7.60. The second kappa shape index (κ2) is 6.49. The van der Waals surface area contributed by atoms with Crippen LogP contribution in [0.2, 0.25) is 0 Å². The molecular weight excluding hydrogens is 358 g/mol. The molecule has 2 N–H and O–H groups in total. The van der Waals surface area contributed by atoms with Crippen molar-refractivity contribution in [3.63, 3.8) is 0 Å². The van der Waals surface area contributed by atoms with E-state index >= 15 is 0 Å². The third-order valence-electron chi connectivity index (χ3n) is 3.76. The van der Waals surface area contributed by atoms with Crippen molar-refractivity contribution in [1.82, 2.24) is 25.1 Å². The highest BCUT2D eigenvalue weighted by Gasteiger charge is 2.18. The van der Waals surface area contributed by atoms with E-state index in [4.69, 9.17) is 4.42 Å². The summed E-state index contributed by atoms with van der Waals surface area (Å²) in [4.78, 5) is 25.2. The Labute approximate surface area is 150 Å². The highest BCUT2D eigenvalue weighted by molar-refractivity contribution is 7.99. The van der Waals surface area contributed by atoms with Crippen LogP contribution in [0.1, 0.15) is 30.7 Å². The molecule has 1 atom stereocenters. The molecule has 7 nitrogen and oxygen atoms in total. The van der Waals surface area contributed by atoms with E-state index in [0.29, 0.717) is 27.0 Å². The quantitative estimate of drug-likeness (QED) is 0.516. The highest BCUT2D eigenvalue weighted by Crippen LogP contribution is 2.34. The molecule has 0 saturated heterocycles. The Balaban J connectivity index is 1.68. The topological polar surface area (TPSA) is 100 Å². The number of thioether (sulfide) groups is 1. The Morgan fingerprint density at radius 1 is 1.40 bits per heavy atom. The third kappa shape index (κ3) is 3.00. The average Bonchev–Trinajstić information content (AvgIpc) is 3.34. The number of aromatic nitrogens is 5. The van der Waals surface area contributed by atoms with Gasteiger partial charge in [-0.3, -0.25) is 9.89 Å². The van der Waals surface area contributed by atoms with Crippen molar-refractivity contribution >= 4 is 33.3 Å². The lowest BCUT2D eigenvalue weighted by Gasteiger charge is -2.07. The Hall–Kier alpha value is -2.39. The van der Waals surface area contributed by atoms with Crippen molar-refractivity contribution in [2.45, 2.75) is 30.7 Å². The van der Waals surface area contributed by atoms with Crippen molar-refractivity contribution in [2.24, 2.45) is 0 Å². The van der Waals surface area contributed by atoms with Crippen molar-refractivity contribution < 1.29 is 4.42 Å². The molecule has 128 valence electrons. The number of rotatable bonds is 5. The van der Waals surface area contributed by atoms with Gasteiger partial charge in [-0.25, -0.2) is 9.97 Å². The van der Waals surface area contributed by atoms with Gasteiger partial charge in [0.05, 0.1) is 16.9 Å². The molecule has 0 saturated carbocycles. The minimum absolute atomic E-state index is 0.0771. The Morgan fingerprint density at radius 2 is 2.28 bits per heavy atom. The monoisotopic (exact) mass is 373 g/mol. The van der Waals surface area contributed by atoms with Crippen LogP contribution in [-0.4, -0.2) is 25.1 Å². The van der Waals surface area contributed by atoms with Gasteiger partial charge >= 0.3 is 0 Å². The summed E-state index contributed by atoms with van der Waals surface area (Å²) < 4.78 is 5.41. The number of aryl methyl sites for hydroxylation is 1. The fourth-order valence-electron chi connectivity index (χ4n) is 2.47. The van der Waals surface area contributed by atoms with Crippen LogP contribution in [0.25, 0.3) is 21.5 Å². The number of furan rings is 1. The molecule has 0 aliphatic heterocycles. The Morgan fingerprint density at radius 3 is 3.00 bits per heavy atom. The molecular formula is C16H15N5O2S2. The summed E-state index contributed by atoms with van der Waals surface area (Å²) in [6, 6.07) is 3.64. The van der Waals surface area contributed by atoms with Crippen LogP contribution in [0, 0.1) is 0 Å². The molecule has 1 unspecified atom stereocenters. The van der Waals surface area contributed by atoms with E-state index in [1.807, 2.05) is 25.3 Å². The van der Waals surface area contributed by atoms with Gasteiger partial charge < -0.3 is 9.40 Å². The van der Waals surface area contributed by atoms with Gasteiger partial charge in [-0.2, -0.15) is 0 Å². The second-order valence-electron chi connectivity index (χ2n) is 5.44. The van der Waals surface area contributed by atoms with Gasteiger partial charge in [0, 0.05) is 17.4 Å². The summed E-state index contributed by atoms with van der Waals surface area (Å²) in [7, 11) is 0. The molecule has 0 radical (unpaired) electrons. The SMILES string of the molecule is CCc1nc(SC(C)c2nc3scc(-c4ccco4)c3c(=O)[nH]2)n[nH]1.